The molecule has 0 fully saturated rings. The predicted octanol–water partition coefficient (Wildman–Crippen LogP) is 2.60. The molecule has 0 bridgehead atoms. The van der Waals surface area contributed by atoms with E-state index in [2.05, 4.69) is 15.1 Å². The highest BCUT2D eigenvalue weighted by atomic mass is 16.3. The average molecular weight is 452 g/mol. The molecule has 10 nitrogen and oxygen atoms in total. The molecular formula is C24H20N8O2. The molecule has 0 spiro atoms. The summed E-state index contributed by atoms with van der Waals surface area (Å²) < 4.78 is 4.80. The molecule has 4 aromatic heterocycles. The van der Waals surface area contributed by atoms with Gasteiger partial charge in [-0.2, -0.15) is 15.3 Å². The molecule has 0 saturated heterocycles. The van der Waals surface area contributed by atoms with Gasteiger partial charge < -0.3 is 9.67 Å². The highest BCUT2D eigenvalue weighted by Crippen LogP contribution is 2.26. The highest BCUT2D eigenvalue weighted by Gasteiger charge is 2.18. The summed E-state index contributed by atoms with van der Waals surface area (Å²) in [7, 11) is 1.65. The first kappa shape index (κ1) is 21.2. The van der Waals surface area contributed by atoms with Crippen LogP contribution in [0, 0.1) is 18.3 Å². The molecule has 5 rings (SSSR count). The fourth-order valence-electron chi connectivity index (χ4n) is 3.80. The predicted molar refractivity (Wildman–Crippen MR) is 125 cm³/mol. The van der Waals surface area contributed by atoms with Crippen molar-refractivity contribution in [2.45, 2.75) is 20.0 Å². The molecule has 0 aliphatic heterocycles. The molecule has 0 saturated carbocycles. The Morgan fingerprint density at radius 1 is 1.12 bits per heavy atom. The van der Waals surface area contributed by atoms with E-state index < -0.39 is 6.10 Å². The molecule has 1 atom stereocenters. The fourth-order valence-corrected chi connectivity index (χ4v) is 3.80. The number of nitrogens with zero attached hydrogens (tertiary/aromatic N) is 8. The van der Waals surface area contributed by atoms with Gasteiger partial charge in [-0.15, -0.1) is 0 Å². The van der Waals surface area contributed by atoms with Crippen molar-refractivity contribution in [3.05, 3.63) is 82.4 Å². The van der Waals surface area contributed by atoms with Gasteiger partial charge in [0.15, 0.2) is 11.5 Å². The number of fused-ring (bicyclic) bond motifs is 1. The molecule has 5 aromatic rings. The standard InChI is InChI=1S/C24H20N8O2/c1-14-10-17(12-25)29-32(14)23-18(15(2)33)5-7-22(28-23)31-13-26-20-11-16(4-6-21(20)31)19-8-9-30(3)24(34)27-19/h4-11,13,15,33H,1-3H3. The van der Waals surface area contributed by atoms with Crippen molar-refractivity contribution in [2.75, 3.05) is 0 Å². The van der Waals surface area contributed by atoms with Crippen LogP contribution in [-0.4, -0.2) is 39.0 Å². The zero-order chi connectivity index (χ0) is 24.0. The fraction of sp³-hybridized carbons (Fsp3) is 0.167. The second-order valence-corrected chi connectivity index (χ2v) is 7.98. The number of aromatic nitrogens is 7. The molecular weight excluding hydrogens is 432 g/mol. The van der Waals surface area contributed by atoms with E-state index in [4.69, 9.17) is 4.98 Å². The first-order valence-corrected chi connectivity index (χ1v) is 10.5. The maximum Gasteiger partial charge on any atom is 0.347 e. The van der Waals surface area contributed by atoms with Crippen molar-refractivity contribution >= 4 is 11.0 Å². The summed E-state index contributed by atoms with van der Waals surface area (Å²) in [5, 5.41) is 23.8. The molecule has 168 valence electrons. The molecule has 34 heavy (non-hydrogen) atoms. The van der Waals surface area contributed by atoms with E-state index in [1.807, 2.05) is 35.8 Å². The molecule has 1 aromatic carbocycles. The number of hydrogen-bond acceptors (Lipinski definition) is 7. The minimum Gasteiger partial charge on any atom is -0.389 e. The average Bonchev–Trinajstić information content (AvgIpc) is 3.43. The second-order valence-electron chi connectivity index (χ2n) is 7.98. The van der Waals surface area contributed by atoms with Crippen LogP contribution in [0.15, 0.2) is 59.8 Å². The smallest absolute Gasteiger partial charge is 0.347 e. The Kier molecular flexibility index (Phi) is 5.03. The molecule has 0 aliphatic carbocycles. The molecule has 1 N–H and O–H groups in total. The number of aliphatic hydroxyl groups excluding tert-OH is 1. The maximum absolute atomic E-state index is 11.9. The van der Waals surface area contributed by atoms with Crippen LogP contribution in [0.25, 0.3) is 33.9 Å². The summed E-state index contributed by atoms with van der Waals surface area (Å²) in [4.78, 5) is 25.3. The molecule has 0 radical (unpaired) electrons. The Bertz CT molecular complexity index is 1650. The summed E-state index contributed by atoms with van der Waals surface area (Å²) in [5.41, 5.74) is 4.13. The monoisotopic (exact) mass is 452 g/mol. The van der Waals surface area contributed by atoms with Gasteiger partial charge in [0.1, 0.15) is 18.2 Å². The van der Waals surface area contributed by atoms with E-state index in [9.17, 15) is 15.2 Å². The van der Waals surface area contributed by atoms with Gasteiger partial charge in [-0.3, -0.25) is 4.57 Å². The Morgan fingerprint density at radius 3 is 2.65 bits per heavy atom. The van der Waals surface area contributed by atoms with Gasteiger partial charge in [0.05, 0.1) is 22.8 Å². The van der Waals surface area contributed by atoms with Crippen molar-refractivity contribution in [1.82, 2.24) is 33.9 Å². The van der Waals surface area contributed by atoms with E-state index in [-0.39, 0.29) is 11.4 Å². The van der Waals surface area contributed by atoms with Crippen LogP contribution in [0.5, 0.6) is 0 Å². The third-order valence-corrected chi connectivity index (χ3v) is 5.61. The molecule has 4 heterocycles. The van der Waals surface area contributed by atoms with Crippen LogP contribution in [0.3, 0.4) is 0 Å². The van der Waals surface area contributed by atoms with E-state index in [0.29, 0.717) is 28.4 Å². The summed E-state index contributed by atoms with van der Waals surface area (Å²) in [6.07, 6.45) is 2.56. The van der Waals surface area contributed by atoms with E-state index in [1.165, 1.54) is 4.57 Å². The van der Waals surface area contributed by atoms with Gasteiger partial charge in [-0.25, -0.2) is 19.4 Å². The lowest BCUT2D eigenvalue weighted by Gasteiger charge is -2.14. The van der Waals surface area contributed by atoms with E-state index >= 15 is 0 Å². The Hall–Kier alpha value is -4.62. The minimum atomic E-state index is -0.779. The van der Waals surface area contributed by atoms with Gasteiger partial charge in [0.25, 0.3) is 0 Å². The lowest BCUT2D eigenvalue weighted by atomic mass is 10.1. The van der Waals surface area contributed by atoms with Crippen LogP contribution in [-0.2, 0) is 7.05 Å². The quantitative estimate of drug-likeness (QED) is 0.444. The minimum absolute atomic E-state index is 0.270. The molecule has 1 unspecified atom stereocenters. The normalized spacial score (nSPS) is 12.1. The van der Waals surface area contributed by atoms with E-state index in [1.54, 1.807) is 55.4 Å². The summed E-state index contributed by atoms with van der Waals surface area (Å²) in [5.74, 6) is 1.02. The van der Waals surface area contributed by atoms with Crippen molar-refractivity contribution in [3.8, 4) is 29.0 Å². The molecule has 0 amide bonds. The zero-order valence-electron chi connectivity index (χ0n) is 18.7. The first-order valence-electron chi connectivity index (χ1n) is 10.5. The third kappa shape index (κ3) is 3.54. The van der Waals surface area contributed by atoms with Crippen molar-refractivity contribution in [3.63, 3.8) is 0 Å². The van der Waals surface area contributed by atoms with Crippen molar-refractivity contribution in [2.24, 2.45) is 7.05 Å². The third-order valence-electron chi connectivity index (χ3n) is 5.61. The van der Waals surface area contributed by atoms with Crippen LogP contribution < -0.4 is 5.69 Å². The maximum atomic E-state index is 11.9. The topological polar surface area (TPSA) is 127 Å². The first-order chi connectivity index (χ1) is 16.4. The van der Waals surface area contributed by atoms with Gasteiger partial charge in [0.2, 0.25) is 0 Å². The highest BCUT2D eigenvalue weighted by molar-refractivity contribution is 5.82. The number of aryl methyl sites for hydroxylation is 2. The largest absolute Gasteiger partial charge is 0.389 e. The lowest BCUT2D eigenvalue weighted by Crippen LogP contribution is -2.19. The Labute approximate surface area is 194 Å². The van der Waals surface area contributed by atoms with Crippen molar-refractivity contribution < 1.29 is 5.11 Å². The van der Waals surface area contributed by atoms with Gasteiger partial charge >= 0.3 is 5.69 Å². The van der Waals surface area contributed by atoms with Gasteiger partial charge in [-0.05, 0) is 50.2 Å². The number of benzene rings is 1. The van der Waals surface area contributed by atoms with Gasteiger partial charge in [-0.1, -0.05) is 6.07 Å². The Morgan fingerprint density at radius 2 is 1.94 bits per heavy atom. The number of nitriles is 1. The number of rotatable bonds is 4. The van der Waals surface area contributed by atoms with Crippen LogP contribution in [0.1, 0.15) is 30.0 Å². The summed E-state index contributed by atoms with van der Waals surface area (Å²) in [6.45, 7) is 3.48. The van der Waals surface area contributed by atoms with E-state index in [0.717, 1.165) is 16.8 Å². The van der Waals surface area contributed by atoms with Crippen LogP contribution >= 0.6 is 0 Å². The summed E-state index contributed by atoms with van der Waals surface area (Å²) >= 11 is 0. The van der Waals surface area contributed by atoms with Crippen LogP contribution in [0.4, 0.5) is 0 Å². The number of hydrogen-bond donors (Lipinski definition) is 1. The number of aliphatic hydroxyl groups is 1. The summed E-state index contributed by atoms with van der Waals surface area (Å²) in [6, 6.07) is 14.7. The lowest BCUT2D eigenvalue weighted by molar-refractivity contribution is 0.198. The molecule has 0 aliphatic rings. The zero-order valence-corrected chi connectivity index (χ0v) is 18.7. The Balaban J connectivity index is 1.62. The molecule has 10 heteroatoms. The van der Waals surface area contributed by atoms with Gasteiger partial charge in [0, 0.05) is 30.1 Å². The second kappa shape index (κ2) is 8.06. The number of pyridine rings is 1. The number of imidazole rings is 1. The SMILES string of the molecule is Cc1cc(C#N)nn1-c1nc(-n2cnc3cc(-c4ccn(C)c(=O)n4)ccc32)ccc1C(C)O. The van der Waals surface area contributed by atoms with Crippen LogP contribution in [0.2, 0.25) is 0 Å². The van der Waals surface area contributed by atoms with Crippen molar-refractivity contribution in [1.29, 1.82) is 5.26 Å².